The Hall–Kier alpha value is -2.51. The molecule has 1 N–H and O–H groups in total. The smallest absolute Gasteiger partial charge is 0.276 e. The van der Waals surface area contributed by atoms with Gasteiger partial charge >= 0.3 is 0 Å². The summed E-state index contributed by atoms with van der Waals surface area (Å²) in [6, 6.07) is 11.2. The predicted octanol–water partition coefficient (Wildman–Crippen LogP) is 5.76. The van der Waals surface area contributed by atoms with Crippen molar-refractivity contribution >= 4 is 24.5 Å². The van der Waals surface area contributed by atoms with Gasteiger partial charge in [-0.05, 0) is 48.7 Å². The first-order valence-electron chi connectivity index (χ1n) is 12.2. The molecule has 176 valence electrons. The van der Waals surface area contributed by atoms with Crippen molar-refractivity contribution in [3.05, 3.63) is 64.3 Å². The van der Waals surface area contributed by atoms with Crippen LogP contribution in [0.3, 0.4) is 0 Å². The molecule has 1 saturated carbocycles. The summed E-state index contributed by atoms with van der Waals surface area (Å²) in [4.78, 5) is 17.5. The van der Waals surface area contributed by atoms with Gasteiger partial charge in [0.25, 0.3) is 5.56 Å². The normalized spacial score (nSPS) is 15.1. The Morgan fingerprint density at radius 2 is 1.91 bits per heavy atom. The van der Waals surface area contributed by atoms with Gasteiger partial charge in [0.1, 0.15) is 6.73 Å². The zero-order valence-electron chi connectivity index (χ0n) is 20.1. The molecule has 0 saturated heterocycles. The first-order valence-corrected chi connectivity index (χ1v) is 15.9. The third kappa shape index (κ3) is 6.51. The van der Waals surface area contributed by atoms with E-state index in [0.29, 0.717) is 24.5 Å². The summed E-state index contributed by atoms with van der Waals surface area (Å²) in [6.45, 7) is 8.49. The maximum atomic E-state index is 12.8. The monoisotopic (exact) mass is 464 g/mol. The number of hydrogen-bond acceptors (Lipinski definition) is 5. The molecule has 7 heteroatoms. The fourth-order valence-electron chi connectivity index (χ4n) is 4.30. The van der Waals surface area contributed by atoms with Crippen LogP contribution in [0.1, 0.15) is 49.3 Å². The zero-order chi connectivity index (χ0) is 23.3. The number of nitrogens with one attached hydrogen (secondary N) is 1. The molecule has 0 bridgehead atoms. The van der Waals surface area contributed by atoms with Crippen LogP contribution in [0.5, 0.6) is 0 Å². The van der Waals surface area contributed by atoms with E-state index >= 15 is 0 Å². The van der Waals surface area contributed by atoms with Gasteiger partial charge in [0, 0.05) is 50.1 Å². The Morgan fingerprint density at radius 3 is 2.64 bits per heavy atom. The van der Waals surface area contributed by atoms with Crippen molar-refractivity contribution in [2.45, 2.75) is 77.0 Å². The van der Waals surface area contributed by atoms with E-state index in [0.717, 1.165) is 22.7 Å². The molecule has 0 radical (unpaired) electrons. The van der Waals surface area contributed by atoms with Crippen LogP contribution in [0.2, 0.25) is 25.7 Å². The lowest BCUT2D eigenvalue weighted by Gasteiger charge is -2.21. The summed E-state index contributed by atoms with van der Waals surface area (Å²) in [6.07, 6.45) is 10.3. The SMILES string of the molecule is C[Si](C)(C)CCOCn1ncc2cc(NCc3ccc(C4CCCCC4)nc3)ccc2c1=O. The molecule has 2 heterocycles. The molecule has 6 nitrogen and oxygen atoms in total. The molecule has 2 aromatic heterocycles. The van der Waals surface area contributed by atoms with Gasteiger partial charge in [0.2, 0.25) is 0 Å². The van der Waals surface area contributed by atoms with Crippen molar-refractivity contribution in [2.75, 3.05) is 11.9 Å². The molecule has 0 aliphatic heterocycles. The van der Waals surface area contributed by atoms with Gasteiger partial charge in [-0.1, -0.05) is 45.0 Å². The van der Waals surface area contributed by atoms with Crippen molar-refractivity contribution in [3.8, 4) is 0 Å². The molecule has 1 aromatic carbocycles. The number of pyridine rings is 1. The number of benzene rings is 1. The minimum atomic E-state index is -1.15. The molecule has 33 heavy (non-hydrogen) atoms. The highest BCUT2D eigenvalue weighted by molar-refractivity contribution is 6.76. The van der Waals surface area contributed by atoms with Crippen LogP contribution in [0.15, 0.2) is 47.5 Å². The van der Waals surface area contributed by atoms with Crippen molar-refractivity contribution in [3.63, 3.8) is 0 Å². The first-order chi connectivity index (χ1) is 15.9. The minimum Gasteiger partial charge on any atom is -0.381 e. The average molecular weight is 465 g/mol. The fourth-order valence-corrected chi connectivity index (χ4v) is 5.06. The lowest BCUT2D eigenvalue weighted by molar-refractivity contribution is 0.0754. The van der Waals surface area contributed by atoms with E-state index in [4.69, 9.17) is 9.72 Å². The number of anilines is 1. The standard InChI is InChI=1S/C26H36N4O2Si/c1-33(2,3)14-13-32-19-30-26(31)24-11-10-23(15-22(24)18-29-30)27-16-20-9-12-25(28-17-20)21-7-5-4-6-8-21/h9-12,15,17-18,21,27H,4-8,13-14,16,19H2,1-3H3. The molecule has 4 rings (SSSR count). The van der Waals surface area contributed by atoms with E-state index in [1.54, 1.807) is 6.20 Å². The van der Waals surface area contributed by atoms with Crippen molar-refractivity contribution in [1.82, 2.24) is 14.8 Å². The third-order valence-electron chi connectivity index (χ3n) is 6.43. The van der Waals surface area contributed by atoms with Gasteiger partial charge in [0.15, 0.2) is 0 Å². The Labute approximate surface area is 197 Å². The second-order valence-corrected chi connectivity index (χ2v) is 16.0. The first kappa shape index (κ1) is 23.6. The maximum Gasteiger partial charge on any atom is 0.276 e. The van der Waals surface area contributed by atoms with E-state index in [9.17, 15) is 4.79 Å². The van der Waals surface area contributed by atoms with Crippen LogP contribution in [0.4, 0.5) is 5.69 Å². The second kappa shape index (κ2) is 10.6. The van der Waals surface area contributed by atoms with Crippen LogP contribution in [0.25, 0.3) is 10.8 Å². The highest BCUT2D eigenvalue weighted by Crippen LogP contribution is 2.31. The summed E-state index contributed by atoms with van der Waals surface area (Å²) in [5, 5.41) is 9.23. The molecule has 0 amide bonds. The summed E-state index contributed by atoms with van der Waals surface area (Å²) in [7, 11) is -1.15. The molecular formula is C26H36N4O2Si. The Balaban J connectivity index is 1.35. The number of nitrogens with zero attached hydrogens (tertiary/aromatic N) is 3. The van der Waals surface area contributed by atoms with E-state index in [-0.39, 0.29) is 12.3 Å². The quantitative estimate of drug-likeness (QED) is 0.322. The largest absolute Gasteiger partial charge is 0.381 e. The van der Waals surface area contributed by atoms with Crippen molar-refractivity contribution < 1.29 is 4.74 Å². The molecule has 3 aromatic rings. The van der Waals surface area contributed by atoms with Crippen LogP contribution >= 0.6 is 0 Å². The number of fused-ring (bicyclic) bond motifs is 1. The zero-order valence-corrected chi connectivity index (χ0v) is 21.1. The average Bonchev–Trinajstić information content (AvgIpc) is 2.82. The van der Waals surface area contributed by atoms with Crippen LogP contribution in [-0.2, 0) is 18.0 Å². The summed E-state index contributed by atoms with van der Waals surface area (Å²) >= 11 is 0. The van der Waals surface area contributed by atoms with Gasteiger partial charge in [-0.25, -0.2) is 4.68 Å². The van der Waals surface area contributed by atoms with Gasteiger partial charge in [-0.3, -0.25) is 9.78 Å². The summed E-state index contributed by atoms with van der Waals surface area (Å²) in [5.41, 5.74) is 3.23. The van der Waals surface area contributed by atoms with Crippen LogP contribution in [0, 0.1) is 0 Å². The minimum absolute atomic E-state index is 0.116. The highest BCUT2D eigenvalue weighted by Gasteiger charge is 2.16. The van der Waals surface area contributed by atoms with E-state index < -0.39 is 8.07 Å². The lowest BCUT2D eigenvalue weighted by Crippen LogP contribution is -2.26. The van der Waals surface area contributed by atoms with Crippen molar-refractivity contribution in [1.29, 1.82) is 0 Å². The van der Waals surface area contributed by atoms with E-state index in [1.165, 1.54) is 42.5 Å². The molecule has 0 unspecified atom stereocenters. The highest BCUT2D eigenvalue weighted by atomic mass is 28.3. The van der Waals surface area contributed by atoms with E-state index in [2.05, 4.69) is 42.2 Å². The molecule has 0 spiro atoms. The third-order valence-corrected chi connectivity index (χ3v) is 8.13. The fraction of sp³-hybridized carbons (Fsp3) is 0.500. The Kier molecular flexibility index (Phi) is 7.60. The van der Waals surface area contributed by atoms with Gasteiger partial charge in [0.05, 0.1) is 11.6 Å². The van der Waals surface area contributed by atoms with Crippen LogP contribution in [-0.4, -0.2) is 29.4 Å². The number of hydrogen-bond donors (Lipinski definition) is 1. The predicted molar refractivity (Wildman–Crippen MR) is 137 cm³/mol. The van der Waals surface area contributed by atoms with Crippen LogP contribution < -0.4 is 10.9 Å². The summed E-state index contributed by atoms with van der Waals surface area (Å²) < 4.78 is 7.10. The second-order valence-electron chi connectivity index (χ2n) is 10.4. The number of ether oxygens (including phenoxy) is 1. The molecule has 0 atom stereocenters. The topological polar surface area (TPSA) is 69.0 Å². The number of rotatable bonds is 9. The number of aromatic nitrogens is 3. The Morgan fingerprint density at radius 1 is 1.09 bits per heavy atom. The molecule has 1 aliphatic carbocycles. The summed E-state index contributed by atoms with van der Waals surface area (Å²) in [5.74, 6) is 0.628. The van der Waals surface area contributed by atoms with Gasteiger partial charge in [-0.15, -0.1) is 0 Å². The van der Waals surface area contributed by atoms with Crippen molar-refractivity contribution in [2.24, 2.45) is 0 Å². The molecular weight excluding hydrogens is 428 g/mol. The lowest BCUT2D eigenvalue weighted by atomic mass is 9.86. The molecule has 1 aliphatic rings. The molecule has 1 fully saturated rings. The van der Waals surface area contributed by atoms with Gasteiger partial charge < -0.3 is 10.1 Å². The van der Waals surface area contributed by atoms with E-state index in [1.807, 2.05) is 24.4 Å². The van der Waals surface area contributed by atoms with Gasteiger partial charge in [-0.2, -0.15) is 5.10 Å². The Bertz CT molecular complexity index is 1120. The maximum absolute atomic E-state index is 12.8.